The zero-order valence-electron chi connectivity index (χ0n) is 8.63. The van der Waals surface area contributed by atoms with E-state index in [1.165, 1.54) is 12.3 Å². The van der Waals surface area contributed by atoms with Crippen molar-refractivity contribution in [1.29, 1.82) is 0 Å². The summed E-state index contributed by atoms with van der Waals surface area (Å²) in [5, 5.41) is 10.0. The Labute approximate surface area is 100 Å². The Hall–Kier alpha value is -1.20. The number of benzene rings is 1. The number of aromatic nitrogens is 1. The van der Waals surface area contributed by atoms with Crippen LogP contribution in [-0.4, -0.2) is 15.8 Å². The zero-order valence-corrected chi connectivity index (χ0v) is 9.39. The lowest BCUT2D eigenvalue weighted by Crippen LogP contribution is -2.16. The maximum atomic E-state index is 12.4. The first-order valence-electron chi connectivity index (χ1n) is 4.85. The van der Waals surface area contributed by atoms with E-state index in [-0.39, 0.29) is 6.61 Å². The van der Waals surface area contributed by atoms with Crippen molar-refractivity contribution in [3.8, 4) is 0 Å². The number of fused-ring (bicyclic) bond motifs is 1. The van der Waals surface area contributed by atoms with Crippen molar-refractivity contribution in [1.82, 2.24) is 4.57 Å². The average Bonchev–Trinajstić information content (AvgIpc) is 2.54. The van der Waals surface area contributed by atoms with Crippen molar-refractivity contribution in [3.05, 3.63) is 35.0 Å². The number of aliphatic hydroxyl groups is 1. The van der Waals surface area contributed by atoms with E-state index in [4.69, 9.17) is 16.7 Å². The zero-order chi connectivity index (χ0) is 12.6. The second-order valence-electron chi connectivity index (χ2n) is 3.72. The number of nitrogens with zero attached hydrogens (tertiary/aromatic N) is 1. The van der Waals surface area contributed by atoms with Crippen LogP contribution < -0.4 is 0 Å². The highest BCUT2D eigenvalue weighted by atomic mass is 35.5. The van der Waals surface area contributed by atoms with Gasteiger partial charge in [-0.05, 0) is 12.1 Å². The highest BCUT2D eigenvalue weighted by Crippen LogP contribution is 2.28. The highest BCUT2D eigenvalue weighted by molar-refractivity contribution is 6.31. The molecule has 1 aromatic carbocycles. The molecule has 2 nitrogen and oxygen atoms in total. The van der Waals surface area contributed by atoms with E-state index in [0.29, 0.717) is 21.5 Å². The lowest BCUT2D eigenvalue weighted by Gasteiger charge is -2.08. The van der Waals surface area contributed by atoms with Gasteiger partial charge >= 0.3 is 6.18 Å². The SMILES string of the molecule is OCc1cn(CC(F)(F)F)c2cc(Cl)ccc12. The molecule has 0 saturated carbocycles. The molecule has 0 saturated heterocycles. The minimum absolute atomic E-state index is 0.303. The van der Waals surface area contributed by atoms with Gasteiger partial charge in [0.1, 0.15) is 6.54 Å². The smallest absolute Gasteiger partial charge is 0.392 e. The van der Waals surface area contributed by atoms with Crippen molar-refractivity contribution in [2.24, 2.45) is 0 Å². The number of alkyl halides is 3. The van der Waals surface area contributed by atoms with Gasteiger partial charge in [-0.3, -0.25) is 0 Å². The Morgan fingerprint density at radius 3 is 2.59 bits per heavy atom. The van der Waals surface area contributed by atoms with Crippen LogP contribution in [0.4, 0.5) is 13.2 Å². The van der Waals surface area contributed by atoms with Crippen molar-refractivity contribution in [2.75, 3.05) is 0 Å². The summed E-state index contributed by atoms with van der Waals surface area (Å²) in [6.45, 7) is -1.40. The maximum absolute atomic E-state index is 12.4. The van der Waals surface area contributed by atoms with Crippen LogP contribution in [0.2, 0.25) is 5.02 Å². The lowest BCUT2D eigenvalue weighted by molar-refractivity contribution is -0.139. The first kappa shape index (κ1) is 12.3. The summed E-state index contributed by atoms with van der Waals surface area (Å²) < 4.78 is 38.1. The van der Waals surface area contributed by atoms with Crippen LogP contribution in [0.25, 0.3) is 10.9 Å². The van der Waals surface area contributed by atoms with Gasteiger partial charge in [0.2, 0.25) is 0 Å². The molecule has 0 fully saturated rings. The fraction of sp³-hybridized carbons (Fsp3) is 0.273. The Balaban J connectivity index is 2.58. The quantitative estimate of drug-likeness (QED) is 0.883. The topological polar surface area (TPSA) is 25.2 Å². The summed E-state index contributed by atoms with van der Waals surface area (Å²) in [5.41, 5.74) is 0.833. The van der Waals surface area contributed by atoms with Crippen LogP contribution in [0.5, 0.6) is 0 Å². The summed E-state index contributed by atoms with van der Waals surface area (Å²) in [4.78, 5) is 0. The molecule has 2 aromatic rings. The van der Waals surface area contributed by atoms with E-state index in [1.54, 1.807) is 12.1 Å². The van der Waals surface area contributed by atoms with Gasteiger partial charge < -0.3 is 9.67 Å². The molecule has 0 spiro atoms. The predicted octanol–water partition coefficient (Wildman–Crippen LogP) is 3.35. The molecule has 17 heavy (non-hydrogen) atoms. The second-order valence-corrected chi connectivity index (χ2v) is 4.15. The molecule has 0 atom stereocenters. The van der Waals surface area contributed by atoms with Crippen molar-refractivity contribution in [2.45, 2.75) is 19.3 Å². The predicted molar refractivity (Wildman–Crippen MR) is 58.9 cm³/mol. The molecule has 0 aliphatic carbocycles. The molecule has 6 heteroatoms. The van der Waals surface area contributed by atoms with Crippen LogP contribution in [-0.2, 0) is 13.2 Å². The number of hydrogen-bond donors (Lipinski definition) is 1. The first-order valence-corrected chi connectivity index (χ1v) is 5.23. The molecule has 1 heterocycles. The lowest BCUT2D eigenvalue weighted by atomic mass is 10.2. The van der Waals surface area contributed by atoms with Crippen molar-refractivity contribution in [3.63, 3.8) is 0 Å². The van der Waals surface area contributed by atoms with Crippen LogP contribution in [0.15, 0.2) is 24.4 Å². The van der Waals surface area contributed by atoms with E-state index in [2.05, 4.69) is 0 Å². The summed E-state index contributed by atoms with van der Waals surface area (Å²) in [5.74, 6) is 0. The van der Waals surface area contributed by atoms with Crippen LogP contribution in [0.1, 0.15) is 5.56 Å². The Morgan fingerprint density at radius 2 is 2.00 bits per heavy atom. The minimum atomic E-state index is -4.30. The molecule has 0 unspecified atom stereocenters. The minimum Gasteiger partial charge on any atom is -0.392 e. The molecule has 0 aliphatic rings. The average molecular weight is 264 g/mol. The summed E-state index contributed by atoms with van der Waals surface area (Å²) >= 11 is 5.76. The fourth-order valence-electron chi connectivity index (χ4n) is 1.79. The largest absolute Gasteiger partial charge is 0.406 e. The monoisotopic (exact) mass is 263 g/mol. The standard InChI is InChI=1S/C11H9ClF3NO/c12-8-1-2-9-7(5-17)4-16(10(9)3-8)6-11(13,14)15/h1-4,17H,5-6H2. The van der Waals surface area contributed by atoms with Crippen LogP contribution in [0, 0.1) is 0 Å². The van der Waals surface area contributed by atoms with Crippen molar-refractivity contribution < 1.29 is 18.3 Å². The van der Waals surface area contributed by atoms with E-state index in [0.717, 1.165) is 4.57 Å². The summed E-state index contributed by atoms with van der Waals surface area (Å²) in [7, 11) is 0. The molecule has 0 bridgehead atoms. The maximum Gasteiger partial charge on any atom is 0.406 e. The molecular weight excluding hydrogens is 255 g/mol. The number of hydrogen-bond acceptors (Lipinski definition) is 1. The van der Waals surface area contributed by atoms with Crippen LogP contribution >= 0.6 is 11.6 Å². The van der Waals surface area contributed by atoms with Crippen LogP contribution in [0.3, 0.4) is 0 Å². The Morgan fingerprint density at radius 1 is 1.29 bits per heavy atom. The first-order chi connectivity index (χ1) is 7.90. The Bertz CT molecular complexity index is 547. The molecule has 1 N–H and O–H groups in total. The molecule has 0 radical (unpaired) electrons. The summed E-state index contributed by atoms with van der Waals surface area (Å²) in [6.07, 6.45) is -3.00. The third-order valence-corrected chi connectivity index (χ3v) is 2.68. The molecule has 0 aliphatic heterocycles. The van der Waals surface area contributed by atoms with Gasteiger partial charge in [0, 0.05) is 22.2 Å². The van der Waals surface area contributed by atoms with E-state index >= 15 is 0 Å². The molecular formula is C11H9ClF3NO. The third-order valence-electron chi connectivity index (χ3n) is 2.45. The molecule has 2 rings (SSSR count). The van der Waals surface area contributed by atoms with Gasteiger partial charge in [-0.15, -0.1) is 0 Å². The van der Waals surface area contributed by atoms with Gasteiger partial charge in [-0.25, -0.2) is 0 Å². The third kappa shape index (κ3) is 2.56. The van der Waals surface area contributed by atoms with Gasteiger partial charge in [-0.2, -0.15) is 13.2 Å². The number of aliphatic hydroxyl groups excluding tert-OH is 1. The molecule has 1 aromatic heterocycles. The highest BCUT2D eigenvalue weighted by Gasteiger charge is 2.28. The number of halogens is 4. The van der Waals surface area contributed by atoms with E-state index in [1.807, 2.05) is 0 Å². The Kier molecular flexibility index (Phi) is 3.05. The summed E-state index contributed by atoms with van der Waals surface area (Å²) in [6, 6.07) is 4.65. The van der Waals surface area contributed by atoms with Gasteiger partial charge in [0.15, 0.2) is 0 Å². The molecule has 0 amide bonds. The van der Waals surface area contributed by atoms with E-state index < -0.39 is 12.7 Å². The molecule has 92 valence electrons. The van der Waals surface area contributed by atoms with Gasteiger partial charge in [0.25, 0.3) is 0 Å². The van der Waals surface area contributed by atoms with Gasteiger partial charge in [-0.1, -0.05) is 17.7 Å². The number of rotatable bonds is 2. The van der Waals surface area contributed by atoms with Gasteiger partial charge in [0.05, 0.1) is 12.1 Å². The van der Waals surface area contributed by atoms with Crippen molar-refractivity contribution >= 4 is 22.5 Å². The normalized spacial score (nSPS) is 12.3. The fourth-order valence-corrected chi connectivity index (χ4v) is 1.96. The van der Waals surface area contributed by atoms with E-state index in [9.17, 15) is 13.2 Å². The second kappa shape index (κ2) is 4.23.